The SMILES string of the molecule is CCn1nc(C)c(Br)c1CC(O)c1ccc(C)cc1F. The molecule has 1 heterocycles. The van der Waals surface area contributed by atoms with Crippen molar-refractivity contribution in [3.63, 3.8) is 0 Å². The molecular weight excluding hydrogens is 323 g/mol. The molecule has 0 aliphatic carbocycles. The Hall–Kier alpha value is -1.20. The van der Waals surface area contributed by atoms with Crippen LogP contribution in [0.4, 0.5) is 4.39 Å². The lowest BCUT2D eigenvalue weighted by molar-refractivity contribution is 0.170. The van der Waals surface area contributed by atoms with Crippen LogP contribution in [-0.4, -0.2) is 14.9 Å². The average Bonchev–Trinajstić information content (AvgIpc) is 2.66. The van der Waals surface area contributed by atoms with Gasteiger partial charge in [-0.2, -0.15) is 5.10 Å². The third-order valence-electron chi connectivity index (χ3n) is 3.35. The normalized spacial score (nSPS) is 12.7. The van der Waals surface area contributed by atoms with Crippen LogP contribution in [0.25, 0.3) is 0 Å². The van der Waals surface area contributed by atoms with Crippen molar-refractivity contribution >= 4 is 15.9 Å². The van der Waals surface area contributed by atoms with Crippen LogP contribution in [0.2, 0.25) is 0 Å². The number of aromatic nitrogens is 2. The van der Waals surface area contributed by atoms with E-state index in [2.05, 4.69) is 21.0 Å². The van der Waals surface area contributed by atoms with Crippen molar-refractivity contribution in [2.24, 2.45) is 0 Å². The summed E-state index contributed by atoms with van der Waals surface area (Å²) >= 11 is 3.48. The number of aliphatic hydroxyl groups is 1. The van der Waals surface area contributed by atoms with Gasteiger partial charge < -0.3 is 5.11 Å². The van der Waals surface area contributed by atoms with Crippen LogP contribution in [0.15, 0.2) is 22.7 Å². The molecule has 5 heteroatoms. The summed E-state index contributed by atoms with van der Waals surface area (Å²) in [5, 5.41) is 14.7. The van der Waals surface area contributed by atoms with Crippen LogP contribution in [0.1, 0.15) is 35.5 Å². The van der Waals surface area contributed by atoms with E-state index in [1.54, 1.807) is 12.1 Å². The summed E-state index contributed by atoms with van der Waals surface area (Å²) in [6.07, 6.45) is -0.553. The number of rotatable bonds is 4. The van der Waals surface area contributed by atoms with E-state index >= 15 is 0 Å². The maximum atomic E-state index is 13.9. The van der Waals surface area contributed by atoms with Gasteiger partial charge in [0.2, 0.25) is 0 Å². The summed E-state index contributed by atoms with van der Waals surface area (Å²) in [5.74, 6) is -0.368. The Morgan fingerprint density at radius 2 is 2.10 bits per heavy atom. The Bertz CT molecular complexity index is 625. The Balaban J connectivity index is 2.30. The van der Waals surface area contributed by atoms with Gasteiger partial charge in [0.15, 0.2) is 0 Å². The molecule has 1 aromatic heterocycles. The minimum absolute atomic E-state index is 0.323. The molecule has 0 radical (unpaired) electrons. The van der Waals surface area contributed by atoms with Crippen LogP contribution in [0.5, 0.6) is 0 Å². The molecule has 1 atom stereocenters. The first-order chi connectivity index (χ1) is 9.43. The highest BCUT2D eigenvalue weighted by molar-refractivity contribution is 9.10. The van der Waals surface area contributed by atoms with Gasteiger partial charge in [-0.1, -0.05) is 12.1 Å². The Labute approximate surface area is 126 Å². The number of nitrogens with zero attached hydrogens (tertiary/aromatic N) is 2. The number of hydrogen-bond donors (Lipinski definition) is 1. The third-order valence-corrected chi connectivity index (χ3v) is 4.39. The summed E-state index contributed by atoms with van der Waals surface area (Å²) in [7, 11) is 0. The highest BCUT2D eigenvalue weighted by Crippen LogP contribution is 2.27. The molecule has 1 unspecified atom stereocenters. The molecule has 0 aliphatic heterocycles. The van der Waals surface area contributed by atoms with Crippen LogP contribution in [-0.2, 0) is 13.0 Å². The predicted molar refractivity (Wildman–Crippen MR) is 80.1 cm³/mol. The molecule has 3 nitrogen and oxygen atoms in total. The van der Waals surface area contributed by atoms with Crippen LogP contribution in [0.3, 0.4) is 0 Å². The maximum Gasteiger partial charge on any atom is 0.129 e. The summed E-state index contributed by atoms with van der Waals surface area (Å²) < 4.78 is 16.6. The molecule has 0 fully saturated rings. The number of benzene rings is 1. The monoisotopic (exact) mass is 340 g/mol. The largest absolute Gasteiger partial charge is 0.388 e. The molecule has 0 saturated heterocycles. The van der Waals surface area contributed by atoms with Gasteiger partial charge in [0, 0.05) is 18.5 Å². The standard InChI is InChI=1S/C15H18BrFN2O/c1-4-19-13(15(16)10(3)18-19)8-14(20)11-6-5-9(2)7-12(11)17/h5-7,14,20H,4,8H2,1-3H3. The zero-order valence-electron chi connectivity index (χ0n) is 11.8. The highest BCUT2D eigenvalue weighted by Gasteiger charge is 2.19. The van der Waals surface area contributed by atoms with Crippen LogP contribution in [0, 0.1) is 19.7 Å². The Kier molecular flexibility index (Phi) is 4.60. The minimum Gasteiger partial charge on any atom is -0.388 e. The third kappa shape index (κ3) is 2.94. The summed E-state index contributed by atoms with van der Waals surface area (Å²) in [6, 6.07) is 4.89. The fraction of sp³-hybridized carbons (Fsp3) is 0.400. The molecule has 0 saturated carbocycles. The Morgan fingerprint density at radius 3 is 2.70 bits per heavy atom. The van der Waals surface area contributed by atoms with E-state index in [9.17, 15) is 9.50 Å². The van der Waals surface area contributed by atoms with Crippen molar-refractivity contribution in [3.8, 4) is 0 Å². The summed E-state index contributed by atoms with van der Waals surface area (Å²) in [4.78, 5) is 0. The molecule has 2 aromatic rings. The van der Waals surface area contributed by atoms with E-state index in [-0.39, 0.29) is 5.82 Å². The van der Waals surface area contributed by atoms with E-state index in [1.807, 2.05) is 25.5 Å². The molecule has 20 heavy (non-hydrogen) atoms. The Morgan fingerprint density at radius 1 is 1.40 bits per heavy atom. The number of halogens is 2. The molecular formula is C15H18BrFN2O. The first-order valence-corrected chi connectivity index (χ1v) is 7.39. The first-order valence-electron chi connectivity index (χ1n) is 6.60. The topological polar surface area (TPSA) is 38.0 Å². The van der Waals surface area contributed by atoms with Gasteiger partial charge in [0.25, 0.3) is 0 Å². The number of hydrogen-bond acceptors (Lipinski definition) is 2. The zero-order valence-corrected chi connectivity index (χ0v) is 13.4. The van der Waals surface area contributed by atoms with E-state index < -0.39 is 6.10 Å². The minimum atomic E-state index is -0.881. The smallest absolute Gasteiger partial charge is 0.129 e. The van der Waals surface area contributed by atoms with Crippen LogP contribution >= 0.6 is 15.9 Å². The van der Waals surface area contributed by atoms with E-state index in [0.29, 0.717) is 18.5 Å². The second kappa shape index (κ2) is 6.06. The fourth-order valence-corrected chi connectivity index (χ4v) is 2.71. The molecule has 0 aliphatic rings. The van der Waals surface area contributed by atoms with Crippen molar-refractivity contribution in [1.82, 2.24) is 9.78 Å². The van der Waals surface area contributed by atoms with Gasteiger partial charge in [0.05, 0.1) is 22.0 Å². The summed E-state index contributed by atoms with van der Waals surface area (Å²) in [6.45, 7) is 6.43. The number of aliphatic hydroxyl groups excluding tert-OH is 1. The number of aryl methyl sites for hydroxylation is 3. The predicted octanol–water partition coefficient (Wildman–Crippen LogP) is 3.70. The molecule has 0 bridgehead atoms. The second-order valence-electron chi connectivity index (χ2n) is 4.91. The maximum absolute atomic E-state index is 13.9. The van der Waals surface area contributed by atoms with Crippen molar-refractivity contribution in [3.05, 3.63) is 51.0 Å². The molecule has 108 valence electrons. The lowest BCUT2D eigenvalue weighted by Gasteiger charge is -2.14. The van der Waals surface area contributed by atoms with Crippen molar-refractivity contribution in [2.75, 3.05) is 0 Å². The van der Waals surface area contributed by atoms with Gasteiger partial charge in [-0.25, -0.2) is 4.39 Å². The molecule has 1 N–H and O–H groups in total. The van der Waals surface area contributed by atoms with Crippen molar-refractivity contribution in [2.45, 2.75) is 39.8 Å². The lowest BCUT2D eigenvalue weighted by Crippen LogP contribution is -2.10. The average molecular weight is 341 g/mol. The van der Waals surface area contributed by atoms with Crippen LogP contribution < -0.4 is 0 Å². The highest BCUT2D eigenvalue weighted by atomic mass is 79.9. The van der Waals surface area contributed by atoms with Gasteiger partial charge in [-0.15, -0.1) is 0 Å². The molecule has 1 aromatic carbocycles. The van der Waals surface area contributed by atoms with E-state index in [4.69, 9.17) is 0 Å². The van der Waals surface area contributed by atoms with Crippen molar-refractivity contribution in [1.29, 1.82) is 0 Å². The summed E-state index contributed by atoms with van der Waals surface area (Å²) in [5.41, 5.74) is 2.92. The fourth-order valence-electron chi connectivity index (χ4n) is 2.26. The van der Waals surface area contributed by atoms with E-state index in [1.165, 1.54) is 6.07 Å². The van der Waals surface area contributed by atoms with E-state index in [0.717, 1.165) is 21.4 Å². The van der Waals surface area contributed by atoms with Crippen molar-refractivity contribution < 1.29 is 9.50 Å². The van der Waals surface area contributed by atoms with Gasteiger partial charge in [-0.05, 0) is 48.3 Å². The second-order valence-corrected chi connectivity index (χ2v) is 5.70. The molecule has 2 rings (SSSR count). The first kappa shape index (κ1) is 15.2. The van der Waals surface area contributed by atoms with Gasteiger partial charge in [-0.3, -0.25) is 4.68 Å². The van der Waals surface area contributed by atoms with Gasteiger partial charge >= 0.3 is 0 Å². The van der Waals surface area contributed by atoms with Gasteiger partial charge in [0.1, 0.15) is 5.82 Å². The zero-order chi connectivity index (χ0) is 14.9. The molecule has 0 amide bonds. The molecule has 0 spiro atoms. The lowest BCUT2D eigenvalue weighted by atomic mass is 10.0. The quantitative estimate of drug-likeness (QED) is 0.921.